The summed E-state index contributed by atoms with van der Waals surface area (Å²) >= 11 is 0. The predicted octanol–water partition coefficient (Wildman–Crippen LogP) is 2.18. The quantitative estimate of drug-likeness (QED) is 0.827. The molecule has 1 aromatic heterocycles. The summed E-state index contributed by atoms with van der Waals surface area (Å²) in [6.45, 7) is 0. The molecule has 0 amide bonds. The minimum atomic E-state index is 0. The maximum atomic E-state index is 4.33. The summed E-state index contributed by atoms with van der Waals surface area (Å²) in [6, 6.07) is 4.18. The van der Waals surface area contributed by atoms with Gasteiger partial charge in [0.15, 0.2) is 0 Å². The molecule has 86 valence electrons. The Labute approximate surface area is 102 Å². The summed E-state index contributed by atoms with van der Waals surface area (Å²) in [6.07, 6.45) is 9.22. The summed E-state index contributed by atoms with van der Waals surface area (Å²) in [5.74, 6) is 0. The lowest BCUT2D eigenvalue weighted by Crippen LogP contribution is -2.38. The Bertz CT molecular complexity index is 277. The molecule has 3 rings (SSSR count). The topological polar surface area (TPSA) is 29.9 Å². The predicted molar refractivity (Wildman–Crippen MR) is 64.9 cm³/mol. The number of rotatable bonds is 1. The van der Waals surface area contributed by atoms with Gasteiger partial charge in [-0.05, 0) is 31.7 Å². The third-order valence-corrected chi connectivity index (χ3v) is 3.35. The van der Waals surface area contributed by atoms with Gasteiger partial charge >= 0.3 is 0 Å². The lowest BCUT2D eigenvalue weighted by molar-refractivity contribution is 0.281. The first kappa shape index (κ1) is 12.8. The van der Waals surface area contributed by atoms with Gasteiger partial charge in [-0.1, -0.05) is 0 Å². The third-order valence-electron chi connectivity index (χ3n) is 3.35. The summed E-state index contributed by atoms with van der Waals surface area (Å²) in [7, 11) is 0. The summed E-state index contributed by atoms with van der Waals surface area (Å²) in [5, 5.41) is 7.97. The van der Waals surface area contributed by atoms with Crippen molar-refractivity contribution >= 4 is 24.8 Å². The maximum absolute atomic E-state index is 4.33. The van der Waals surface area contributed by atoms with Crippen molar-refractivity contribution in [1.82, 2.24) is 15.1 Å². The third kappa shape index (κ3) is 2.47. The molecule has 3 heterocycles. The summed E-state index contributed by atoms with van der Waals surface area (Å²) in [4.78, 5) is 0. The average Bonchev–Trinajstić information content (AvgIpc) is 2.75. The van der Waals surface area contributed by atoms with Crippen LogP contribution in [0.3, 0.4) is 0 Å². The number of nitrogens with one attached hydrogen (secondary N) is 1. The van der Waals surface area contributed by atoms with Crippen LogP contribution in [0.5, 0.6) is 0 Å². The molecular formula is C10H17Cl2N3. The molecule has 2 bridgehead atoms. The van der Waals surface area contributed by atoms with E-state index >= 15 is 0 Å². The highest BCUT2D eigenvalue weighted by Gasteiger charge is 2.34. The fraction of sp³-hybridized carbons (Fsp3) is 0.700. The van der Waals surface area contributed by atoms with E-state index in [1.54, 1.807) is 0 Å². The molecule has 15 heavy (non-hydrogen) atoms. The van der Waals surface area contributed by atoms with E-state index in [-0.39, 0.29) is 24.8 Å². The molecule has 1 N–H and O–H groups in total. The number of hydrogen-bond donors (Lipinski definition) is 1. The van der Waals surface area contributed by atoms with Crippen LogP contribution in [0.15, 0.2) is 18.5 Å². The zero-order chi connectivity index (χ0) is 8.67. The van der Waals surface area contributed by atoms with Crippen molar-refractivity contribution < 1.29 is 0 Å². The summed E-state index contributed by atoms with van der Waals surface area (Å²) in [5.41, 5.74) is 0. The van der Waals surface area contributed by atoms with Gasteiger partial charge in [0.05, 0.1) is 6.04 Å². The fourth-order valence-electron chi connectivity index (χ4n) is 2.74. The second-order valence-corrected chi connectivity index (χ2v) is 4.25. The minimum Gasteiger partial charge on any atom is -0.311 e. The Morgan fingerprint density at radius 3 is 2.33 bits per heavy atom. The Morgan fingerprint density at radius 2 is 1.80 bits per heavy atom. The maximum Gasteiger partial charge on any atom is 0.0548 e. The average molecular weight is 250 g/mol. The van der Waals surface area contributed by atoms with E-state index in [1.807, 2.05) is 12.3 Å². The Hall–Kier alpha value is -0.250. The second kappa shape index (κ2) is 5.19. The first-order chi connectivity index (χ1) is 6.42. The van der Waals surface area contributed by atoms with Gasteiger partial charge < -0.3 is 5.32 Å². The number of aromatic nitrogens is 2. The molecule has 0 spiro atoms. The van der Waals surface area contributed by atoms with E-state index in [4.69, 9.17) is 0 Å². The summed E-state index contributed by atoms with van der Waals surface area (Å²) < 4.78 is 2.13. The molecule has 2 atom stereocenters. The number of piperidine rings is 1. The standard InChI is InChI=1S/C10H15N3.2ClH/c1-4-11-13(5-1)10-6-8-2-3-9(7-10)12-8;;/h1,4-5,8-10,12H,2-3,6-7H2;2*1H. The number of fused-ring (bicyclic) bond motifs is 2. The Kier molecular flexibility index (Phi) is 4.44. The zero-order valence-corrected chi connectivity index (χ0v) is 10.1. The molecule has 2 fully saturated rings. The number of hydrogen-bond acceptors (Lipinski definition) is 2. The van der Waals surface area contributed by atoms with Crippen molar-refractivity contribution in [3.63, 3.8) is 0 Å². The van der Waals surface area contributed by atoms with Crippen molar-refractivity contribution in [1.29, 1.82) is 0 Å². The monoisotopic (exact) mass is 249 g/mol. The molecule has 0 radical (unpaired) electrons. The molecule has 3 nitrogen and oxygen atoms in total. The van der Waals surface area contributed by atoms with Gasteiger partial charge in [0, 0.05) is 24.5 Å². The molecule has 2 aliphatic heterocycles. The van der Waals surface area contributed by atoms with Crippen molar-refractivity contribution in [2.45, 2.75) is 43.8 Å². The van der Waals surface area contributed by atoms with Gasteiger partial charge in [-0.3, -0.25) is 4.68 Å². The SMILES string of the molecule is Cl.Cl.c1cnn(C2CC3CCC(C2)N3)c1. The molecule has 2 aliphatic rings. The lowest BCUT2D eigenvalue weighted by atomic mass is 10.0. The lowest BCUT2D eigenvalue weighted by Gasteiger charge is -2.29. The van der Waals surface area contributed by atoms with Crippen LogP contribution >= 0.6 is 24.8 Å². The van der Waals surface area contributed by atoms with Crippen LogP contribution in [-0.4, -0.2) is 21.9 Å². The number of halogens is 2. The van der Waals surface area contributed by atoms with E-state index in [0.717, 1.165) is 12.1 Å². The van der Waals surface area contributed by atoms with Crippen LogP contribution in [0, 0.1) is 0 Å². The van der Waals surface area contributed by atoms with Gasteiger partial charge in [-0.2, -0.15) is 5.10 Å². The molecule has 5 heteroatoms. The van der Waals surface area contributed by atoms with Crippen LogP contribution in [-0.2, 0) is 0 Å². The van der Waals surface area contributed by atoms with E-state index in [2.05, 4.69) is 21.3 Å². The molecule has 0 aromatic carbocycles. The van der Waals surface area contributed by atoms with Crippen LogP contribution in [0.25, 0.3) is 0 Å². The van der Waals surface area contributed by atoms with E-state index < -0.39 is 0 Å². The molecule has 1 aromatic rings. The highest BCUT2D eigenvalue weighted by atomic mass is 35.5. The largest absolute Gasteiger partial charge is 0.311 e. The zero-order valence-electron chi connectivity index (χ0n) is 8.50. The molecule has 0 aliphatic carbocycles. The molecular weight excluding hydrogens is 233 g/mol. The van der Waals surface area contributed by atoms with Gasteiger partial charge in [0.2, 0.25) is 0 Å². The molecule has 2 unspecified atom stereocenters. The fourth-order valence-corrected chi connectivity index (χ4v) is 2.74. The first-order valence-corrected chi connectivity index (χ1v) is 5.17. The van der Waals surface area contributed by atoms with Crippen LogP contribution in [0.2, 0.25) is 0 Å². The second-order valence-electron chi connectivity index (χ2n) is 4.25. The molecule has 0 saturated carbocycles. The molecule has 2 saturated heterocycles. The van der Waals surface area contributed by atoms with Crippen LogP contribution < -0.4 is 5.32 Å². The van der Waals surface area contributed by atoms with Crippen LogP contribution in [0.4, 0.5) is 0 Å². The van der Waals surface area contributed by atoms with Crippen molar-refractivity contribution in [3.8, 4) is 0 Å². The van der Waals surface area contributed by atoms with Crippen molar-refractivity contribution in [2.75, 3.05) is 0 Å². The van der Waals surface area contributed by atoms with Gasteiger partial charge in [-0.25, -0.2) is 0 Å². The normalized spacial score (nSPS) is 32.9. The smallest absolute Gasteiger partial charge is 0.0548 e. The van der Waals surface area contributed by atoms with E-state index in [0.29, 0.717) is 6.04 Å². The van der Waals surface area contributed by atoms with E-state index in [1.165, 1.54) is 25.7 Å². The Morgan fingerprint density at radius 1 is 1.13 bits per heavy atom. The Balaban J connectivity index is 0.000000562. The van der Waals surface area contributed by atoms with Gasteiger partial charge in [0.1, 0.15) is 0 Å². The van der Waals surface area contributed by atoms with Gasteiger partial charge in [-0.15, -0.1) is 24.8 Å². The highest BCUT2D eigenvalue weighted by molar-refractivity contribution is 5.85. The van der Waals surface area contributed by atoms with Crippen molar-refractivity contribution in [2.24, 2.45) is 0 Å². The van der Waals surface area contributed by atoms with Crippen LogP contribution in [0.1, 0.15) is 31.7 Å². The highest BCUT2D eigenvalue weighted by Crippen LogP contribution is 2.33. The number of nitrogens with zero attached hydrogens (tertiary/aromatic N) is 2. The van der Waals surface area contributed by atoms with Gasteiger partial charge in [0.25, 0.3) is 0 Å². The van der Waals surface area contributed by atoms with Crippen molar-refractivity contribution in [3.05, 3.63) is 18.5 Å². The van der Waals surface area contributed by atoms with E-state index in [9.17, 15) is 0 Å². The minimum absolute atomic E-state index is 0. The first-order valence-electron chi connectivity index (χ1n) is 5.17.